The molecule has 1 aliphatic rings. The number of benzene rings is 2. The minimum absolute atomic E-state index is 0.0396. The van der Waals surface area contributed by atoms with Crippen LogP contribution >= 0.6 is 0 Å². The number of carbonyl (C=O) groups excluding carboxylic acids is 3. The normalized spacial score (nSPS) is 16.8. The number of esters is 1. The first-order valence-corrected chi connectivity index (χ1v) is 9.85. The molecule has 158 valence electrons. The number of rotatable bonds is 7. The van der Waals surface area contributed by atoms with Gasteiger partial charge in [-0.25, -0.2) is 0 Å². The van der Waals surface area contributed by atoms with E-state index in [9.17, 15) is 14.4 Å². The molecule has 0 aliphatic carbocycles. The fourth-order valence-electron chi connectivity index (χ4n) is 3.47. The van der Waals surface area contributed by atoms with Crippen molar-refractivity contribution in [1.29, 1.82) is 0 Å². The van der Waals surface area contributed by atoms with Crippen LogP contribution in [0.1, 0.15) is 30.5 Å². The van der Waals surface area contributed by atoms with Gasteiger partial charge in [0.1, 0.15) is 5.75 Å². The summed E-state index contributed by atoms with van der Waals surface area (Å²) < 4.78 is 10.5. The SMILES string of the molecule is COc1ccc(C)cc1N1C[C@H](C(=O)OCC(=O)N[C@H](C)c2ccccc2)CC1=O. The third-order valence-corrected chi connectivity index (χ3v) is 5.11. The van der Waals surface area contributed by atoms with Gasteiger partial charge in [0.2, 0.25) is 5.91 Å². The molecule has 1 fully saturated rings. The Hall–Kier alpha value is -3.35. The molecule has 0 radical (unpaired) electrons. The lowest BCUT2D eigenvalue weighted by molar-refractivity contribution is -0.152. The van der Waals surface area contributed by atoms with Crippen molar-refractivity contribution in [3.63, 3.8) is 0 Å². The average molecular weight is 410 g/mol. The van der Waals surface area contributed by atoms with Crippen molar-refractivity contribution in [1.82, 2.24) is 5.32 Å². The standard InChI is InChI=1S/C23H26N2O5/c1-15-9-10-20(29-3)19(11-15)25-13-18(12-22(25)27)23(28)30-14-21(26)24-16(2)17-7-5-4-6-8-17/h4-11,16,18H,12-14H2,1-3H3,(H,24,26)/t16-,18-/m1/s1. The zero-order valence-electron chi connectivity index (χ0n) is 17.4. The van der Waals surface area contributed by atoms with E-state index in [0.29, 0.717) is 11.4 Å². The Kier molecular flexibility index (Phi) is 6.72. The molecule has 1 N–H and O–H groups in total. The van der Waals surface area contributed by atoms with Crippen molar-refractivity contribution in [3.8, 4) is 5.75 Å². The molecule has 2 aromatic rings. The molecule has 1 saturated heterocycles. The van der Waals surface area contributed by atoms with Crippen LogP contribution in [0.5, 0.6) is 5.75 Å². The lowest BCUT2D eigenvalue weighted by Crippen LogP contribution is -2.33. The molecule has 30 heavy (non-hydrogen) atoms. The number of nitrogens with one attached hydrogen (secondary N) is 1. The topological polar surface area (TPSA) is 84.9 Å². The predicted octanol–water partition coefficient (Wildman–Crippen LogP) is 2.78. The van der Waals surface area contributed by atoms with Crippen LogP contribution in [0.3, 0.4) is 0 Å². The maximum atomic E-state index is 12.5. The molecule has 7 heteroatoms. The molecule has 0 aromatic heterocycles. The van der Waals surface area contributed by atoms with Gasteiger partial charge in [0.15, 0.2) is 6.61 Å². The molecule has 0 saturated carbocycles. The molecule has 1 heterocycles. The fourth-order valence-corrected chi connectivity index (χ4v) is 3.47. The Morgan fingerprint density at radius 1 is 1.20 bits per heavy atom. The summed E-state index contributed by atoms with van der Waals surface area (Å²) in [5, 5.41) is 2.80. The number of ether oxygens (including phenoxy) is 2. The number of aryl methyl sites for hydroxylation is 1. The zero-order valence-corrected chi connectivity index (χ0v) is 17.4. The smallest absolute Gasteiger partial charge is 0.311 e. The van der Waals surface area contributed by atoms with E-state index in [1.54, 1.807) is 6.07 Å². The van der Waals surface area contributed by atoms with Gasteiger partial charge in [0, 0.05) is 13.0 Å². The zero-order chi connectivity index (χ0) is 21.7. The van der Waals surface area contributed by atoms with E-state index in [1.807, 2.05) is 56.3 Å². The molecule has 7 nitrogen and oxygen atoms in total. The third-order valence-electron chi connectivity index (χ3n) is 5.11. The van der Waals surface area contributed by atoms with Gasteiger partial charge in [0.05, 0.1) is 24.8 Å². The second kappa shape index (κ2) is 9.43. The number of amides is 2. The van der Waals surface area contributed by atoms with E-state index >= 15 is 0 Å². The van der Waals surface area contributed by atoms with E-state index in [2.05, 4.69) is 5.32 Å². The summed E-state index contributed by atoms with van der Waals surface area (Å²) in [5.41, 5.74) is 2.57. The van der Waals surface area contributed by atoms with Crippen molar-refractivity contribution < 1.29 is 23.9 Å². The molecule has 1 aliphatic heterocycles. The van der Waals surface area contributed by atoms with Gasteiger partial charge in [-0.05, 0) is 37.1 Å². The summed E-state index contributed by atoms with van der Waals surface area (Å²) in [6.45, 7) is 3.59. The highest BCUT2D eigenvalue weighted by atomic mass is 16.5. The van der Waals surface area contributed by atoms with Gasteiger partial charge in [-0.3, -0.25) is 14.4 Å². The van der Waals surface area contributed by atoms with Crippen molar-refractivity contribution in [2.75, 3.05) is 25.2 Å². The van der Waals surface area contributed by atoms with Gasteiger partial charge in [-0.1, -0.05) is 36.4 Å². The van der Waals surface area contributed by atoms with Crippen LogP contribution < -0.4 is 15.0 Å². The summed E-state index contributed by atoms with van der Waals surface area (Å²) >= 11 is 0. The van der Waals surface area contributed by atoms with E-state index in [4.69, 9.17) is 9.47 Å². The molecule has 3 rings (SSSR count). The van der Waals surface area contributed by atoms with Crippen molar-refractivity contribution in [3.05, 3.63) is 59.7 Å². The number of nitrogens with zero attached hydrogens (tertiary/aromatic N) is 1. The van der Waals surface area contributed by atoms with Crippen LogP contribution in [0.15, 0.2) is 48.5 Å². The molecule has 2 amide bonds. The Balaban J connectivity index is 1.55. The minimum Gasteiger partial charge on any atom is -0.495 e. The van der Waals surface area contributed by atoms with E-state index in [1.165, 1.54) is 12.0 Å². The molecule has 2 atom stereocenters. The largest absolute Gasteiger partial charge is 0.495 e. The quantitative estimate of drug-likeness (QED) is 0.710. The molecule has 0 bridgehead atoms. The summed E-state index contributed by atoms with van der Waals surface area (Å²) in [6, 6.07) is 14.8. The fraction of sp³-hybridized carbons (Fsp3) is 0.348. The second-order valence-corrected chi connectivity index (χ2v) is 7.39. The second-order valence-electron chi connectivity index (χ2n) is 7.39. The van der Waals surface area contributed by atoms with Crippen molar-refractivity contribution in [2.45, 2.75) is 26.3 Å². The van der Waals surface area contributed by atoms with Gasteiger partial charge < -0.3 is 19.7 Å². The van der Waals surface area contributed by atoms with Crippen LogP contribution in [0.2, 0.25) is 0 Å². The van der Waals surface area contributed by atoms with Crippen LogP contribution in [-0.2, 0) is 19.1 Å². The van der Waals surface area contributed by atoms with Gasteiger partial charge in [-0.15, -0.1) is 0 Å². The minimum atomic E-state index is -0.623. The van der Waals surface area contributed by atoms with Crippen LogP contribution in [0, 0.1) is 12.8 Å². The number of anilines is 1. The summed E-state index contributed by atoms with van der Waals surface area (Å²) in [4.78, 5) is 38.6. The van der Waals surface area contributed by atoms with E-state index < -0.39 is 11.9 Å². The van der Waals surface area contributed by atoms with E-state index in [0.717, 1.165) is 11.1 Å². The Labute approximate surface area is 176 Å². The first-order valence-electron chi connectivity index (χ1n) is 9.85. The predicted molar refractivity (Wildman–Crippen MR) is 112 cm³/mol. The maximum absolute atomic E-state index is 12.5. The number of hydrogen-bond donors (Lipinski definition) is 1. The molecule has 0 unspecified atom stereocenters. The Bertz CT molecular complexity index is 928. The monoisotopic (exact) mass is 410 g/mol. The van der Waals surface area contributed by atoms with Crippen molar-refractivity contribution >= 4 is 23.5 Å². The highest BCUT2D eigenvalue weighted by molar-refractivity contribution is 6.00. The van der Waals surface area contributed by atoms with Crippen LogP contribution in [-0.4, -0.2) is 38.0 Å². The molecule has 0 spiro atoms. The van der Waals surface area contributed by atoms with Gasteiger partial charge in [0.25, 0.3) is 5.91 Å². The lowest BCUT2D eigenvalue weighted by Gasteiger charge is -2.20. The number of methoxy groups -OCH3 is 1. The molecular weight excluding hydrogens is 384 g/mol. The molecule has 2 aromatic carbocycles. The molecular formula is C23H26N2O5. The summed E-state index contributed by atoms with van der Waals surface area (Å²) in [7, 11) is 1.54. The number of hydrogen-bond acceptors (Lipinski definition) is 5. The Morgan fingerprint density at radius 3 is 2.63 bits per heavy atom. The highest BCUT2D eigenvalue weighted by Crippen LogP contribution is 2.34. The number of carbonyl (C=O) groups is 3. The first-order chi connectivity index (χ1) is 14.4. The van der Waals surface area contributed by atoms with Crippen LogP contribution in [0.25, 0.3) is 0 Å². The maximum Gasteiger partial charge on any atom is 0.311 e. The summed E-state index contributed by atoms with van der Waals surface area (Å²) in [5.74, 6) is -1.18. The summed E-state index contributed by atoms with van der Waals surface area (Å²) in [6.07, 6.45) is 0.0396. The van der Waals surface area contributed by atoms with Crippen LogP contribution in [0.4, 0.5) is 5.69 Å². The van der Waals surface area contributed by atoms with Crippen molar-refractivity contribution in [2.24, 2.45) is 5.92 Å². The third kappa shape index (κ3) is 4.97. The van der Waals surface area contributed by atoms with Gasteiger partial charge >= 0.3 is 5.97 Å². The Morgan fingerprint density at radius 2 is 1.93 bits per heavy atom. The highest BCUT2D eigenvalue weighted by Gasteiger charge is 2.37. The lowest BCUT2D eigenvalue weighted by atomic mass is 10.1. The average Bonchev–Trinajstić information content (AvgIpc) is 3.14. The van der Waals surface area contributed by atoms with Gasteiger partial charge in [-0.2, -0.15) is 0 Å². The van der Waals surface area contributed by atoms with E-state index in [-0.39, 0.29) is 37.4 Å². The first kappa shape index (κ1) is 21.4.